The minimum atomic E-state index is 0.226. The summed E-state index contributed by atoms with van der Waals surface area (Å²) in [6, 6.07) is 8.82. The summed E-state index contributed by atoms with van der Waals surface area (Å²) in [4.78, 5) is 18.3. The lowest BCUT2D eigenvalue weighted by Gasteiger charge is -2.40. The fraction of sp³-hybridized carbons (Fsp3) is 0.591. The third-order valence-electron chi connectivity index (χ3n) is 6.96. The first kappa shape index (κ1) is 16.4. The van der Waals surface area contributed by atoms with Crippen LogP contribution in [0.5, 0.6) is 0 Å². The molecule has 6 rings (SSSR count). The van der Waals surface area contributed by atoms with Crippen LogP contribution in [0.4, 0.5) is 0 Å². The number of piperidine rings is 1. The first-order valence-electron chi connectivity index (χ1n) is 10.3. The molecule has 4 fully saturated rings. The van der Waals surface area contributed by atoms with Crippen LogP contribution in [-0.4, -0.2) is 52.5 Å². The third kappa shape index (κ3) is 2.75. The molecule has 4 nitrogen and oxygen atoms in total. The van der Waals surface area contributed by atoms with Crippen LogP contribution >= 0.6 is 0 Å². The van der Waals surface area contributed by atoms with E-state index in [0.717, 1.165) is 35.5 Å². The second-order valence-electron chi connectivity index (χ2n) is 8.73. The van der Waals surface area contributed by atoms with Gasteiger partial charge in [-0.2, -0.15) is 0 Å². The van der Waals surface area contributed by atoms with Crippen LogP contribution in [0.1, 0.15) is 42.5 Å². The predicted octanol–water partition coefficient (Wildman–Crippen LogP) is 3.51. The lowest BCUT2D eigenvalue weighted by Crippen LogP contribution is -2.47. The van der Waals surface area contributed by atoms with E-state index >= 15 is 0 Å². The number of rotatable bonds is 3. The molecule has 26 heavy (non-hydrogen) atoms. The Bertz CT molecular complexity index is 822. The van der Waals surface area contributed by atoms with Gasteiger partial charge in [0.05, 0.1) is 5.56 Å². The number of amides is 1. The highest BCUT2D eigenvalue weighted by Gasteiger charge is 2.38. The van der Waals surface area contributed by atoms with Gasteiger partial charge in [-0.3, -0.25) is 9.69 Å². The van der Waals surface area contributed by atoms with Gasteiger partial charge >= 0.3 is 0 Å². The zero-order chi connectivity index (χ0) is 17.7. The van der Waals surface area contributed by atoms with Gasteiger partial charge in [0.25, 0.3) is 5.91 Å². The third-order valence-corrected chi connectivity index (χ3v) is 6.96. The average Bonchev–Trinajstić information content (AvgIpc) is 2.77. The molecule has 2 bridgehead atoms. The molecule has 4 heteroatoms. The molecule has 0 radical (unpaired) electrons. The fourth-order valence-corrected chi connectivity index (χ4v) is 5.26. The largest absolute Gasteiger partial charge is 0.350 e. The summed E-state index contributed by atoms with van der Waals surface area (Å²) < 4.78 is 2.08. The highest BCUT2D eigenvalue weighted by atomic mass is 16.2. The molecular weight excluding hydrogens is 322 g/mol. The number of fused-ring (bicyclic) bond motifs is 5. The summed E-state index contributed by atoms with van der Waals surface area (Å²) in [5, 5.41) is 1.09. The van der Waals surface area contributed by atoms with Crippen molar-refractivity contribution in [3.8, 4) is 0 Å². The first-order valence-corrected chi connectivity index (χ1v) is 10.3. The summed E-state index contributed by atoms with van der Waals surface area (Å²) in [7, 11) is 2.03. The van der Waals surface area contributed by atoms with E-state index in [2.05, 4.69) is 26.5 Å². The van der Waals surface area contributed by atoms with Crippen LogP contribution in [0.15, 0.2) is 30.5 Å². The Hall–Kier alpha value is -1.81. The summed E-state index contributed by atoms with van der Waals surface area (Å²) in [5.41, 5.74) is 2.01. The van der Waals surface area contributed by atoms with E-state index in [0.29, 0.717) is 12.0 Å². The molecule has 3 saturated heterocycles. The van der Waals surface area contributed by atoms with E-state index in [1.807, 2.05) is 25.4 Å². The second-order valence-corrected chi connectivity index (χ2v) is 8.73. The van der Waals surface area contributed by atoms with E-state index in [-0.39, 0.29) is 5.91 Å². The number of aromatic nitrogens is 1. The number of carbonyl (C=O) groups excluding carboxylic acids is 1. The zero-order valence-corrected chi connectivity index (χ0v) is 15.7. The zero-order valence-electron chi connectivity index (χ0n) is 15.7. The Morgan fingerprint density at radius 1 is 1.08 bits per heavy atom. The quantitative estimate of drug-likeness (QED) is 0.846. The molecule has 4 heterocycles. The van der Waals surface area contributed by atoms with Gasteiger partial charge in [0.15, 0.2) is 0 Å². The van der Waals surface area contributed by atoms with Gasteiger partial charge in [-0.1, -0.05) is 24.6 Å². The number of hydrogen-bond acceptors (Lipinski definition) is 2. The van der Waals surface area contributed by atoms with E-state index in [1.165, 1.54) is 45.2 Å². The predicted molar refractivity (Wildman–Crippen MR) is 104 cm³/mol. The number of aryl methyl sites for hydroxylation is 1. The molecule has 3 aliphatic heterocycles. The van der Waals surface area contributed by atoms with E-state index in [9.17, 15) is 4.79 Å². The van der Waals surface area contributed by atoms with Crippen molar-refractivity contribution in [3.05, 3.63) is 36.0 Å². The van der Waals surface area contributed by atoms with Crippen molar-refractivity contribution in [2.24, 2.45) is 18.9 Å². The fourth-order valence-electron chi connectivity index (χ4n) is 5.26. The first-order chi connectivity index (χ1) is 12.7. The van der Waals surface area contributed by atoms with Gasteiger partial charge < -0.3 is 9.47 Å². The van der Waals surface area contributed by atoms with Gasteiger partial charge in [-0.15, -0.1) is 0 Å². The van der Waals surface area contributed by atoms with Gasteiger partial charge in [-0.05, 0) is 43.6 Å². The lowest BCUT2D eigenvalue weighted by molar-refractivity contribution is 0.0719. The van der Waals surface area contributed by atoms with Crippen molar-refractivity contribution in [3.63, 3.8) is 0 Å². The summed E-state index contributed by atoms with van der Waals surface area (Å²) >= 11 is 0. The number of nitrogens with zero attached hydrogens (tertiary/aromatic N) is 3. The molecule has 2 atom stereocenters. The highest BCUT2D eigenvalue weighted by molar-refractivity contribution is 6.07. The molecular formula is C22H29N3O. The Morgan fingerprint density at radius 2 is 1.92 bits per heavy atom. The standard InChI is InChI=1S/C22H29N3O/c1-23-15-20(19-7-2-3-8-21(19)23)22(26)25-13-17-9-10-18(14-25)24(12-17)11-16-5-4-6-16/h2-3,7-8,15-18H,4-6,9-14H2,1H3/t17-,18-/m1/s1. The van der Waals surface area contributed by atoms with Crippen molar-refractivity contribution in [1.82, 2.24) is 14.4 Å². The number of hydrogen-bond donors (Lipinski definition) is 0. The van der Waals surface area contributed by atoms with Crippen molar-refractivity contribution in [1.29, 1.82) is 0 Å². The lowest BCUT2D eigenvalue weighted by atomic mass is 9.83. The Kier molecular flexibility index (Phi) is 4.04. The second kappa shape index (κ2) is 6.41. The number of carbonyl (C=O) groups is 1. The maximum absolute atomic E-state index is 13.4. The minimum Gasteiger partial charge on any atom is -0.350 e. The Balaban J connectivity index is 1.39. The SMILES string of the molecule is Cn1cc(C(=O)N2C[C@@H]3CC[C@H](C2)N(CC2CCC2)C3)c2ccccc21. The summed E-state index contributed by atoms with van der Waals surface area (Å²) in [6.45, 7) is 4.29. The Morgan fingerprint density at radius 3 is 2.73 bits per heavy atom. The van der Waals surface area contributed by atoms with E-state index < -0.39 is 0 Å². The van der Waals surface area contributed by atoms with Gasteiger partial charge in [0, 0.05) is 56.4 Å². The molecule has 1 aromatic heterocycles. The Labute approximate surface area is 155 Å². The van der Waals surface area contributed by atoms with Crippen LogP contribution in [0.2, 0.25) is 0 Å². The molecule has 1 aliphatic carbocycles. The summed E-state index contributed by atoms with van der Waals surface area (Å²) in [5.74, 6) is 1.79. The highest BCUT2D eigenvalue weighted by Crippen LogP contribution is 2.34. The maximum Gasteiger partial charge on any atom is 0.256 e. The van der Waals surface area contributed by atoms with Gasteiger partial charge in [0.1, 0.15) is 0 Å². The monoisotopic (exact) mass is 351 g/mol. The molecule has 0 spiro atoms. The molecule has 1 amide bonds. The van der Waals surface area contributed by atoms with Crippen LogP contribution in [0.25, 0.3) is 10.9 Å². The molecule has 1 saturated carbocycles. The van der Waals surface area contributed by atoms with Gasteiger partial charge in [0.2, 0.25) is 0 Å². The maximum atomic E-state index is 13.4. The van der Waals surface area contributed by atoms with E-state index in [4.69, 9.17) is 0 Å². The van der Waals surface area contributed by atoms with Crippen LogP contribution in [0, 0.1) is 11.8 Å². The molecule has 4 aliphatic rings. The van der Waals surface area contributed by atoms with Crippen molar-refractivity contribution in [2.75, 3.05) is 26.2 Å². The normalized spacial score (nSPS) is 26.9. The molecule has 2 aromatic rings. The topological polar surface area (TPSA) is 28.5 Å². The van der Waals surface area contributed by atoms with Crippen LogP contribution < -0.4 is 0 Å². The molecule has 138 valence electrons. The van der Waals surface area contributed by atoms with Crippen molar-refractivity contribution in [2.45, 2.75) is 38.1 Å². The molecule has 1 aromatic carbocycles. The number of para-hydroxylation sites is 1. The van der Waals surface area contributed by atoms with Crippen LogP contribution in [-0.2, 0) is 7.05 Å². The average molecular weight is 351 g/mol. The van der Waals surface area contributed by atoms with Crippen molar-refractivity contribution < 1.29 is 4.79 Å². The molecule has 0 N–H and O–H groups in total. The molecule has 0 unspecified atom stereocenters. The van der Waals surface area contributed by atoms with Crippen LogP contribution in [0.3, 0.4) is 0 Å². The van der Waals surface area contributed by atoms with Gasteiger partial charge in [-0.25, -0.2) is 0 Å². The number of benzene rings is 1. The minimum absolute atomic E-state index is 0.226. The smallest absolute Gasteiger partial charge is 0.256 e. The van der Waals surface area contributed by atoms with E-state index in [1.54, 1.807) is 0 Å². The summed E-state index contributed by atoms with van der Waals surface area (Å²) in [6.07, 6.45) is 8.80. The van der Waals surface area contributed by atoms with Crippen molar-refractivity contribution >= 4 is 16.8 Å².